The summed E-state index contributed by atoms with van der Waals surface area (Å²) in [6.07, 6.45) is 1.52. The second kappa shape index (κ2) is 7.74. The number of aromatic nitrogens is 2. The molecule has 7 nitrogen and oxygen atoms in total. The highest BCUT2D eigenvalue weighted by molar-refractivity contribution is 6.00. The summed E-state index contributed by atoms with van der Waals surface area (Å²) in [4.78, 5) is 28.8. The number of aryl methyl sites for hydroxylation is 1. The average molecular weight is 364 g/mol. The van der Waals surface area contributed by atoms with Crippen molar-refractivity contribution in [1.29, 1.82) is 0 Å². The van der Waals surface area contributed by atoms with Crippen LogP contribution in [-0.4, -0.2) is 28.5 Å². The molecule has 0 aliphatic heterocycles. The van der Waals surface area contributed by atoms with Gasteiger partial charge in [-0.1, -0.05) is 18.2 Å². The predicted octanol–water partition coefficient (Wildman–Crippen LogP) is 2.57. The van der Waals surface area contributed by atoms with Gasteiger partial charge < -0.3 is 9.30 Å². The number of methoxy groups -OCH3 is 1. The van der Waals surface area contributed by atoms with Crippen LogP contribution in [0.4, 0.5) is 0 Å². The van der Waals surface area contributed by atoms with Crippen molar-refractivity contribution < 1.29 is 14.3 Å². The van der Waals surface area contributed by atoms with Gasteiger partial charge in [-0.25, -0.2) is 4.98 Å². The van der Waals surface area contributed by atoms with Gasteiger partial charge in [0.05, 0.1) is 12.7 Å². The van der Waals surface area contributed by atoms with Crippen molar-refractivity contribution in [3.63, 3.8) is 0 Å². The van der Waals surface area contributed by atoms with Crippen LogP contribution in [0.3, 0.4) is 0 Å². The van der Waals surface area contributed by atoms with E-state index in [9.17, 15) is 9.59 Å². The molecule has 0 atom stereocenters. The number of carbonyl (C=O) groups excluding carboxylic acids is 2. The molecular weight excluding hydrogens is 344 g/mol. The Morgan fingerprint density at radius 2 is 1.63 bits per heavy atom. The van der Waals surface area contributed by atoms with Crippen LogP contribution in [0.25, 0.3) is 5.69 Å². The van der Waals surface area contributed by atoms with E-state index in [2.05, 4.69) is 15.8 Å². The third-order valence-electron chi connectivity index (χ3n) is 4.19. The van der Waals surface area contributed by atoms with Gasteiger partial charge in [0.25, 0.3) is 11.8 Å². The van der Waals surface area contributed by atoms with E-state index >= 15 is 0 Å². The van der Waals surface area contributed by atoms with Gasteiger partial charge in [0.1, 0.15) is 5.56 Å². The third-order valence-corrected chi connectivity index (χ3v) is 4.19. The highest BCUT2D eigenvalue weighted by atomic mass is 16.5. The molecule has 0 aliphatic rings. The molecule has 138 valence electrons. The smallest absolute Gasteiger partial charge is 0.275 e. The standard InChI is InChI=1S/C20H20N4O3/c1-13-12-17(14(2)24(13)15-8-5-4-6-9-15)19(26)23-22-18(25)16-10-7-11-21-20(16)27-3/h4-12H,1-3H3,(H,22,25)(H,23,26). The quantitative estimate of drug-likeness (QED) is 0.697. The zero-order chi connectivity index (χ0) is 19.4. The van der Waals surface area contributed by atoms with E-state index in [1.54, 1.807) is 18.2 Å². The van der Waals surface area contributed by atoms with Crippen LogP contribution in [-0.2, 0) is 0 Å². The van der Waals surface area contributed by atoms with Crippen molar-refractivity contribution in [1.82, 2.24) is 20.4 Å². The van der Waals surface area contributed by atoms with Gasteiger partial charge in [0.15, 0.2) is 0 Å². The number of nitrogens with one attached hydrogen (secondary N) is 2. The molecule has 0 aliphatic carbocycles. The van der Waals surface area contributed by atoms with Crippen LogP contribution in [0, 0.1) is 13.8 Å². The number of carbonyl (C=O) groups is 2. The van der Waals surface area contributed by atoms with Gasteiger partial charge in [-0.15, -0.1) is 0 Å². The Morgan fingerprint density at radius 1 is 0.963 bits per heavy atom. The second-order valence-electron chi connectivity index (χ2n) is 5.92. The number of para-hydroxylation sites is 1. The molecule has 2 amide bonds. The van der Waals surface area contributed by atoms with Crippen LogP contribution < -0.4 is 15.6 Å². The van der Waals surface area contributed by atoms with Crippen molar-refractivity contribution in [2.24, 2.45) is 0 Å². The highest BCUT2D eigenvalue weighted by Crippen LogP contribution is 2.20. The number of rotatable bonds is 4. The summed E-state index contributed by atoms with van der Waals surface area (Å²) in [5.41, 5.74) is 8.23. The van der Waals surface area contributed by atoms with Gasteiger partial charge in [-0.2, -0.15) is 0 Å². The van der Waals surface area contributed by atoms with Gasteiger partial charge in [-0.3, -0.25) is 20.4 Å². The first-order valence-electron chi connectivity index (χ1n) is 8.37. The van der Waals surface area contributed by atoms with E-state index in [1.165, 1.54) is 13.3 Å². The SMILES string of the molecule is COc1ncccc1C(=O)NNC(=O)c1cc(C)n(-c2ccccc2)c1C. The number of hydrogen-bond acceptors (Lipinski definition) is 4. The summed E-state index contributed by atoms with van der Waals surface area (Å²) >= 11 is 0. The first-order chi connectivity index (χ1) is 13.0. The minimum absolute atomic E-state index is 0.187. The predicted molar refractivity (Wildman–Crippen MR) is 101 cm³/mol. The summed E-state index contributed by atoms with van der Waals surface area (Å²) in [5.74, 6) is -0.724. The van der Waals surface area contributed by atoms with E-state index in [1.807, 2.05) is 48.7 Å². The van der Waals surface area contributed by atoms with Crippen molar-refractivity contribution in [2.75, 3.05) is 7.11 Å². The molecule has 2 heterocycles. The van der Waals surface area contributed by atoms with Gasteiger partial charge >= 0.3 is 0 Å². The van der Waals surface area contributed by atoms with Gasteiger partial charge in [-0.05, 0) is 44.2 Å². The Morgan fingerprint density at radius 3 is 2.30 bits per heavy atom. The fraction of sp³-hybridized carbons (Fsp3) is 0.150. The van der Waals surface area contributed by atoms with Crippen LogP contribution in [0.15, 0.2) is 54.7 Å². The third kappa shape index (κ3) is 3.67. The molecule has 2 aromatic heterocycles. The van der Waals surface area contributed by atoms with E-state index in [0.29, 0.717) is 5.56 Å². The lowest BCUT2D eigenvalue weighted by Gasteiger charge is -2.11. The maximum atomic E-state index is 12.6. The minimum atomic E-state index is -0.509. The van der Waals surface area contributed by atoms with E-state index in [0.717, 1.165) is 17.1 Å². The normalized spacial score (nSPS) is 10.3. The molecular formula is C20H20N4O3. The first kappa shape index (κ1) is 18.2. The monoisotopic (exact) mass is 364 g/mol. The molecule has 2 N–H and O–H groups in total. The fourth-order valence-electron chi connectivity index (χ4n) is 2.94. The summed E-state index contributed by atoms with van der Waals surface area (Å²) in [5, 5.41) is 0. The molecule has 27 heavy (non-hydrogen) atoms. The number of ether oxygens (including phenoxy) is 1. The summed E-state index contributed by atoms with van der Waals surface area (Å²) in [6, 6.07) is 14.7. The van der Waals surface area contributed by atoms with Crippen molar-refractivity contribution >= 4 is 11.8 Å². The Labute approximate surface area is 157 Å². The lowest BCUT2D eigenvalue weighted by atomic mass is 10.2. The van der Waals surface area contributed by atoms with Crippen molar-refractivity contribution in [3.05, 3.63) is 77.2 Å². The van der Waals surface area contributed by atoms with Gasteiger partial charge in [0, 0.05) is 23.3 Å². The summed E-state index contributed by atoms with van der Waals surface area (Å²) < 4.78 is 7.04. The lowest BCUT2D eigenvalue weighted by Crippen LogP contribution is -2.42. The number of hydrogen-bond donors (Lipinski definition) is 2. The zero-order valence-corrected chi connectivity index (χ0v) is 15.3. The van der Waals surface area contributed by atoms with E-state index in [-0.39, 0.29) is 11.4 Å². The maximum Gasteiger partial charge on any atom is 0.275 e. The number of pyridine rings is 1. The Hall–Kier alpha value is -3.61. The minimum Gasteiger partial charge on any atom is -0.480 e. The van der Waals surface area contributed by atoms with Crippen LogP contribution in [0.1, 0.15) is 32.1 Å². The van der Waals surface area contributed by atoms with Crippen LogP contribution in [0.2, 0.25) is 0 Å². The molecule has 0 bridgehead atoms. The average Bonchev–Trinajstić information content (AvgIpc) is 3.00. The number of amides is 2. The number of hydrazine groups is 1. The molecule has 3 rings (SSSR count). The molecule has 0 radical (unpaired) electrons. The van der Waals surface area contributed by atoms with Crippen molar-refractivity contribution in [2.45, 2.75) is 13.8 Å². The molecule has 7 heteroatoms. The van der Waals surface area contributed by atoms with E-state index < -0.39 is 11.8 Å². The molecule has 3 aromatic rings. The first-order valence-corrected chi connectivity index (χ1v) is 8.37. The lowest BCUT2D eigenvalue weighted by molar-refractivity contribution is 0.0844. The van der Waals surface area contributed by atoms with Gasteiger partial charge in [0.2, 0.25) is 5.88 Å². The Bertz CT molecular complexity index is 980. The molecule has 0 unspecified atom stereocenters. The highest BCUT2D eigenvalue weighted by Gasteiger charge is 2.18. The molecule has 1 aromatic carbocycles. The zero-order valence-electron chi connectivity index (χ0n) is 15.3. The molecule has 0 spiro atoms. The molecule has 0 saturated heterocycles. The summed E-state index contributed by atoms with van der Waals surface area (Å²) in [6.45, 7) is 3.79. The fourth-order valence-corrected chi connectivity index (χ4v) is 2.94. The summed E-state index contributed by atoms with van der Waals surface area (Å²) in [7, 11) is 1.43. The largest absolute Gasteiger partial charge is 0.480 e. The van der Waals surface area contributed by atoms with Crippen molar-refractivity contribution in [3.8, 4) is 11.6 Å². The molecule has 0 fully saturated rings. The van der Waals surface area contributed by atoms with Crippen LogP contribution >= 0.6 is 0 Å². The molecule has 0 saturated carbocycles. The maximum absolute atomic E-state index is 12.6. The second-order valence-corrected chi connectivity index (χ2v) is 5.92. The number of benzene rings is 1. The Balaban J connectivity index is 1.77. The van der Waals surface area contributed by atoms with E-state index in [4.69, 9.17) is 4.74 Å². The van der Waals surface area contributed by atoms with Crippen LogP contribution in [0.5, 0.6) is 5.88 Å². The topological polar surface area (TPSA) is 85.2 Å². The number of nitrogens with zero attached hydrogens (tertiary/aromatic N) is 2. The Kier molecular flexibility index (Phi) is 5.21.